The average molecular weight is 230 g/mol. The van der Waals surface area contributed by atoms with Crippen molar-refractivity contribution in [3.63, 3.8) is 0 Å². The van der Waals surface area contributed by atoms with Crippen LogP contribution in [0.5, 0.6) is 0 Å². The average Bonchev–Trinajstić information content (AvgIpc) is 2.27. The molecule has 0 aliphatic heterocycles. The summed E-state index contributed by atoms with van der Waals surface area (Å²) in [6.45, 7) is 8.44. The minimum atomic E-state index is 0.294. The quantitative estimate of drug-likeness (QED) is 0.861. The molecule has 17 heavy (non-hydrogen) atoms. The highest BCUT2D eigenvalue weighted by atomic mass is 15.1. The highest BCUT2D eigenvalue weighted by molar-refractivity contribution is 5.81. The molecule has 90 valence electrons. The topological polar surface area (TPSA) is 64.7 Å². The number of hydrogen-bond donors (Lipinski definition) is 1. The van der Waals surface area contributed by atoms with Crippen LogP contribution in [0.1, 0.15) is 50.8 Å². The summed E-state index contributed by atoms with van der Waals surface area (Å²) in [6, 6.07) is 3.97. The van der Waals surface area contributed by atoms with Crippen molar-refractivity contribution in [2.75, 3.05) is 5.73 Å². The molecule has 0 atom stereocenters. The van der Waals surface area contributed by atoms with Crippen LogP contribution in [0.4, 0.5) is 5.82 Å². The normalized spacial score (nSPS) is 11.6. The van der Waals surface area contributed by atoms with Crippen LogP contribution in [0.25, 0.3) is 11.0 Å². The molecule has 0 radical (unpaired) electrons. The summed E-state index contributed by atoms with van der Waals surface area (Å²) in [6.07, 6.45) is 0. The van der Waals surface area contributed by atoms with E-state index in [2.05, 4.69) is 42.9 Å². The number of anilines is 1. The number of rotatable bonds is 2. The van der Waals surface area contributed by atoms with Gasteiger partial charge in [-0.05, 0) is 24.0 Å². The fourth-order valence-corrected chi connectivity index (χ4v) is 1.92. The zero-order valence-electron chi connectivity index (χ0n) is 10.7. The Balaban J connectivity index is 2.76. The van der Waals surface area contributed by atoms with Gasteiger partial charge in [-0.25, -0.2) is 0 Å². The number of aromatic nitrogens is 3. The van der Waals surface area contributed by atoms with Crippen molar-refractivity contribution >= 4 is 16.9 Å². The fraction of sp³-hybridized carbons (Fsp3) is 0.462. The van der Waals surface area contributed by atoms with Crippen LogP contribution in [0.3, 0.4) is 0 Å². The second-order valence-electron chi connectivity index (χ2n) is 4.91. The summed E-state index contributed by atoms with van der Waals surface area (Å²) in [4.78, 5) is 4.67. The highest BCUT2D eigenvalue weighted by Gasteiger charge is 2.14. The number of nitrogen functional groups attached to an aromatic ring is 1. The second kappa shape index (κ2) is 4.28. The first-order valence-corrected chi connectivity index (χ1v) is 5.93. The van der Waals surface area contributed by atoms with Gasteiger partial charge >= 0.3 is 0 Å². The Kier molecular flexibility index (Phi) is 2.96. The molecule has 0 bridgehead atoms. The number of nitrogens with zero attached hydrogens (tertiary/aromatic N) is 3. The molecule has 0 aromatic carbocycles. The van der Waals surface area contributed by atoms with Crippen molar-refractivity contribution in [3.05, 3.63) is 23.4 Å². The molecule has 0 saturated carbocycles. The van der Waals surface area contributed by atoms with Gasteiger partial charge in [-0.1, -0.05) is 27.7 Å². The van der Waals surface area contributed by atoms with Gasteiger partial charge in [0, 0.05) is 11.3 Å². The van der Waals surface area contributed by atoms with E-state index in [1.165, 1.54) is 0 Å². The van der Waals surface area contributed by atoms with Crippen LogP contribution in [0.15, 0.2) is 12.1 Å². The number of nitrogens with two attached hydrogens (primary N) is 1. The second-order valence-corrected chi connectivity index (χ2v) is 4.91. The standard InChI is InChI=1S/C13H18N4/c1-7(2)9-5-6-10-12(15-9)11(8(3)4)13(14)17-16-10/h5-8H,1-4H3,(H2,14,17). The Morgan fingerprint density at radius 3 is 2.29 bits per heavy atom. The molecule has 2 heterocycles. The van der Waals surface area contributed by atoms with Gasteiger partial charge in [0.25, 0.3) is 0 Å². The summed E-state index contributed by atoms with van der Waals surface area (Å²) in [5, 5.41) is 8.08. The first-order valence-electron chi connectivity index (χ1n) is 5.93. The van der Waals surface area contributed by atoms with E-state index in [1.807, 2.05) is 12.1 Å². The molecular formula is C13H18N4. The van der Waals surface area contributed by atoms with Crippen molar-refractivity contribution in [2.45, 2.75) is 39.5 Å². The third-order valence-corrected chi connectivity index (χ3v) is 2.86. The van der Waals surface area contributed by atoms with Crippen LogP contribution in [0, 0.1) is 0 Å². The molecule has 0 amide bonds. The Hall–Kier alpha value is -1.71. The van der Waals surface area contributed by atoms with Gasteiger partial charge in [0.05, 0.1) is 5.52 Å². The van der Waals surface area contributed by atoms with E-state index in [0.717, 1.165) is 22.3 Å². The molecule has 2 aromatic heterocycles. The monoisotopic (exact) mass is 230 g/mol. The van der Waals surface area contributed by atoms with E-state index < -0.39 is 0 Å². The summed E-state index contributed by atoms with van der Waals surface area (Å²) >= 11 is 0. The van der Waals surface area contributed by atoms with Crippen molar-refractivity contribution in [1.82, 2.24) is 15.2 Å². The Morgan fingerprint density at radius 2 is 1.71 bits per heavy atom. The van der Waals surface area contributed by atoms with Crippen molar-refractivity contribution in [3.8, 4) is 0 Å². The molecule has 4 heteroatoms. The predicted molar refractivity (Wildman–Crippen MR) is 69.9 cm³/mol. The van der Waals surface area contributed by atoms with E-state index in [-0.39, 0.29) is 0 Å². The molecule has 0 unspecified atom stereocenters. The molecule has 2 rings (SSSR count). The van der Waals surface area contributed by atoms with Crippen LogP contribution in [-0.4, -0.2) is 15.2 Å². The largest absolute Gasteiger partial charge is 0.382 e. The van der Waals surface area contributed by atoms with Crippen LogP contribution in [-0.2, 0) is 0 Å². The van der Waals surface area contributed by atoms with Crippen LogP contribution in [0.2, 0.25) is 0 Å². The minimum Gasteiger partial charge on any atom is -0.382 e. The molecular weight excluding hydrogens is 212 g/mol. The first-order chi connectivity index (χ1) is 8.00. The lowest BCUT2D eigenvalue weighted by molar-refractivity contribution is 0.819. The van der Waals surface area contributed by atoms with Gasteiger partial charge in [-0.2, -0.15) is 0 Å². The van der Waals surface area contributed by atoms with E-state index in [0.29, 0.717) is 17.7 Å². The zero-order chi connectivity index (χ0) is 12.6. The summed E-state index contributed by atoms with van der Waals surface area (Å²) in [5.41, 5.74) is 9.66. The van der Waals surface area contributed by atoms with Crippen LogP contribution >= 0.6 is 0 Å². The SMILES string of the molecule is CC(C)c1ccc2nnc(N)c(C(C)C)c2n1. The summed E-state index contributed by atoms with van der Waals surface area (Å²) in [5.74, 6) is 1.18. The van der Waals surface area contributed by atoms with Gasteiger partial charge in [0.15, 0.2) is 5.82 Å². The number of fused-ring (bicyclic) bond motifs is 1. The van der Waals surface area contributed by atoms with Crippen molar-refractivity contribution in [1.29, 1.82) is 0 Å². The molecule has 2 N–H and O–H groups in total. The number of pyridine rings is 1. The molecule has 4 nitrogen and oxygen atoms in total. The van der Waals surface area contributed by atoms with Gasteiger partial charge in [0.2, 0.25) is 0 Å². The lowest BCUT2D eigenvalue weighted by Crippen LogP contribution is -2.05. The Labute approximate surface area is 101 Å². The first kappa shape index (κ1) is 11.8. The minimum absolute atomic E-state index is 0.294. The summed E-state index contributed by atoms with van der Waals surface area (Å²) in [7, 11) is 0. The highest BCUT2D eigenvalue weighted by Crippen LogP contribution is 2.27. The lowest BCUT2D eigenvalue weighted by atomic mass is 10.0. The predicted octanol–water partition coefficient (Wildman–Crippen LogP) is 2.85. The van der Waals surface area contributed by atoms with Gasteiger partial charge in [-0.3, -0.25) is 4.98 Å². The maximum atomic E-state index is 5.90. The van der Waals surface area contributed by atoms with Gasteiger partial charge < -0.3 is 5.73 Å². The maximum Gasteiger partial charge on any atom is 0.151 e. The third-order valence-electron chi connectivity index (χ3n) is 2.86. The Morgan fingerprint density at radius 1 is 1.00 bits per heavy atom. The number of hydrogen-bond acceptors (Lipinski definition) is 4. The van der Waals surface area contributed by atoms with Gasteiger partial charge in [0.1, 0.15) is 5.52 Å². The smallest absolute Gasteiger partial charge is 0.151 e. The van der Waals surface area contributed by atoms with E-state index in [4.69, 9.17) is 5.73 Å². The third kappa shape index (κ3) is 2.07. The maximum absolute atomic E-state index is 5.90. The van der Waals surface area contributed by atoms with Gasteiger partial charge in [-0.15, -0.1) is 10.2 Å². The molecule has 0 aliphatic rings. The van der Waals surface area contributed by atoms with E-state index in [1.54, 1.807) is 0 Å². The van der Waals surface area contributed by atoms with E-state index >= 15 is 0 Å². The fourth-order valence-electron chi connectivity index (χ4n) is 1.92. The molecule has 2 aromatic rings. The lowest BCUT2D eigenvalue weighted by Gasteiger charge is -2.12. The zero-order valence-corrected chi connectivity index (χ0v) is 10.7. The summed E-state index contributed by atoms with van der Waals surface area (Å²) < 4.78 is 0. The molecule has 0 saturated heterocycles. The van der Waals surface area contributed by atoms with Crippen LogP contribution < -0.4 is 5.73 Å². The Bertz CT molecular complexity index is 546. The van der Waals surface area contributed by atoms with Crippen molar-refractivity contribution < 1.29 is 0 Å². The molecule has 0 spiro atoms. The van der Waals surface area contributed by atoms with Crippen molar-refractivity contribution in [2.24, 2.45) is 0 Å². The molecule has 0 fully saturated rings. The van der Waals surface area contributed by atoms with E-state index in [9.17, 15) is 0 Å². The molecule has 0 aliphatic carbocycles.